The molecule has 6 rings (SSSR count). The highest BCUT2D eigenvalue weighted by Gasteiger charge is 2.51. The zero-order valence-corrected chi connectivity index (χ0v) is 19.1. The molecular formula is C25H37ClN2O. The van der Waals surface area contributed by atoms with Gasteiger partial charge in [-0.3, -0.25) is 9.69 Å². The lowest BCUT2D eigenvalue weighted by Gasteiger charge is -2.59. The highest BCUT2D eigenvalue weighted by Crippen LogP contribution is 2.55. The third kappa shape index (κ3) is 3.85. The zero-order valence-electron chi connectivity index (χ0n) is 18.2. The van der Waals surface area contributed by atoms with Crippen molar-refractivity contribution < 1.29 is 4.79 Å². The van der Waals surface area contributed by atoms with E-state index in [4.69, 9.17) is 0 Å². The minimum atomic E-state index is 0. The number of rotatable bonds is 3. The normalized spacial score (nSPS) is 36.0. The van der Waals surface area contributed by atoms with Crippen LogP contribution >= 0.6 is 12.4 Å². The van der Waals surface area contributed by atoms with Gasteiger partial charge in [0.25, 0.3) is 0 Å². The summed E-state index contributed by atoms with van der Waals surface area (Å²) >= 11 is 0. The van der Waals surface area contributed by atoms with E-state index >= 15 is 0 Å². The van der Waals surface area contributed by atoms with Crippen LogP contribution in [-0.4, -0.2) is 29.4 Å². The minimum Gasteiger partial charge on any atom is -0.324 e. The molecule has 4 aliphatic carbocycles. The summed E-state index contributed by atoms with van der Waals surface area (Å²) in [5.74, 6) is 3.94. The summed E-state index contributed by atoms with van der Waals surface area (Å²) in [6, 6.07) is 5.10. The fraction of sp³-hybridized carbons (Fsp3) is 0.720. The number of halogens is 1. The third-order valence-corrected chi connectivity index (χ3v) is 8.33. The Morgan fingerprint density at radius 2 is 1.52 bits per heavy atom. The standard InChI is InChI=1S/C25H36N2O.ClH/c1-15-8-16(2)23(17(3)9-15)26-25(28)22-6-4-5-7-27(22)24-20-11-18-10-19(13-20)14-21(24)12-18;/h8-9,18-22,24H,4-7,10-14H2,1-3H3,(H,26,28);1H. The molecule has 29 heavy (non-hydrogen) atoms. The van der Waals surface area contributed by atoms with Crippen LogP contribution in [0.5, 0.6) is 0 Å². The van der Waals surface area contributed by atoms with Crippen molar-refractivity contribution in [2.75, 3.05) is 11.9 Å². The van der Waals surface area contributed by atoms with Crippen molar-refractivity contribution in [1.29, 1.82) is 0 Å². The molecule has 1 saturated heterocycles. The first-order valence-electron chi connectivity index (χ1n) is 11.6. The first-order valence-corrected chi connectivity index (χ1v) is 11.6. The maximum atomic E-state index is 13.4. The first kappa shape index (κ1) is 21.2. The van der Waals surface area contributed by atoms with E-state index in [0.29, 0.717) is 6.04 Å². The van der Waals surface area contributed by atoms with Crippen LogP contribution in [0.25, 0.3) is 0 Å². The second-order valence-electron chi connectivity index (χ2n) is 10.4. The number of amides is 1. The monoisotopic (exact) mass is 416 g/mol. The average Bonchev–Trinajstić information content (AvgIpc) is 2.64. The number of nitrogens with one attached hydrogen (secondary N) is 1. The molecule has 4 heteroatoms. The van der Waals surface area contributed by atoms with Gasteiger partial charge in [0, 0.05) is 11.7 Å². The van der Waals surface area contributed by atoms with E-state index in [0.717, 1.165) is 42.3 Å². The number of carbonyl (C=O) groups excluding carboxylic acids is 1. The van der Waals surface area contributed by atoms with Gasteiger partial charge < -0.3 is 5.32 Å². The van der Waals surface area contributed by atoms with Gasteiger partial charge >= 0.3 is 0 Å². The zero-order chi connectivity index (χ0) is 19.4. The molecule has 0 spiro atoms. The van der Waals surface area contributed by atoms with Gasteiger partial charge in [0.1, 0.15) is 0 Å². The van der Waals surface area contributed by atoms with Crippen molar-refractivity contribution in [1.82, 2.24) is 4.90 Å². The molecule has 1 aliphatic heterocycles. The van der Waals surface area contributed by atoms with E-state index in [1.54, 1.807) is 0 Å². The summed E-state index contributed by atoms with van der Waals surface area (Å²) in [6.07, 6.45) is 10.7. The smallest absolute Gasteiger partial charge is 0.241 e. The SMILES string of the molecule is Cc1cc(C)c(NC(=O)C2CCCCN2C2C3CC4CC(C3)CC2C4)c(C)c1.Cl. The van der Waals surface area contributed by atoms with E-state index in [2.05, 4.69) is 43.1 Å². The molecule has 5 fully saturated rings. The molecule has 1 aromatic rings. The lowest BCUT2D eigenvalue weighted by molar-refractivity contribution is -0.131. The summed E-state index contributed by atoms with van der Waals surface area (Å²) in [5, 5.41) is 3.35. The molecular weight excluding hydrogens is 380 g/mol. The predicted octanol–water partition coefficient (Wildman–Crippen LogP) is 5.65. The summed E-state index contributed by atoms with van der Waals surface area (Å²) < 4.78 is 0. The van der Waals surface area contributed by atoms with Crippen molar-refractivity contribution in [2.45, 2.75) is 84.2 Å². The Bertz CT molecular complexity index is 725. The van der Waals surface area contributed by atoms with Gasteiger partial charge in [-0.25, -0.2) is 0 Å². The molecule has 5 aliphatic rings. The number of likely N-dealkylation sites (tertiary alicyclic amines) is 1. The summed E-state index contributed by atoms with van der Waals surface area (Å²) in [5.41, 5.74) is 4.66. The Balaban J connectivity index is 0.00000205. The van der Waals surface area contributed by atoms with Crippen LogP contribution in [-0.2, 0) is 4.79 Å². The maximum Gasteiger partial charge on any atom is 0.241 e. The summed E-state index contributed by atoms with van der Waals surface area (Å²) in [4.78, 5) is 16.1. The number of anilines is 1. The Labute approximate surface area is 182 Å². The van der Waals surface area contributed by atoms with Gasteiger partial charge in [-0.2, -0.15) is 0 Å². The van der Waals surface area contributed by atoms with Crippen molar-refractivity contribution in [2.24, 2.45) is 23.7 Å². The molecule has 1 unspecified atom stereocenters. The van der Waals surface area contributed by atoms with Gasteiger partial charge in [-0.1, -0.05) is 24.1 Å². The third-order valence-electron chi connectivity index (χ3n) is 8.33. The number of piperidine rings is 1. The van der Waals surface area contributed by atoms with Crippen molar-refractivity contribution in [3.8, 4) is 0 Å². The van der Waals surface area contributed by atoms with Gasteiger partial charge in [0.05, 0.1) is 6.04 Å². The van der Waals surface area contributed by atoms with E-state index in [1.165, 1.54) is 61.6 Å². The molecule has 1 amide bonds. The van der Waals surface area contributed by atoms with Crippen LogP contribution in [0.1, 0.15) is 68.1 Å². The largest absolute Gasteiger partial charge is 0.324 e. The molecule has 1 atom stereocenters. The fourth-order valence-corrected chi connectivity index (χ4v) is 7.61. The Hall–Kier alpha value is -1.06. The first-order chi connectivity index (χ1) is 13.5. The van der Waals surface area contributed by atoms with Gasteiger partial charge in [-0.15, -0.1) is 12.4 Å². The topological polar surface area (TPSA) is 32.3 Å². The van der Waals surface area contributed by atoms with Crippen LogP contribution in [0.15, 0.2) is 12.1 Å². The number of nitrogens with zero attached hydrogens (tertiary/aromatic N) is 1. The molecule has 0 radical (unpaired) electrons. The molecule has 1 heterocycles. The molecule has 4 saturated carbocycles. The van der Waals surface area contributed by atoms with E-state index in [-0.39, 0.29) is 24.4 Å². The molecule has 0 aromatic heterocycles. The fourth-order valence-electron chi connectivity index (χ4n) is 7.61. The van der Waals surface area contributed by atoms with Crippen LogP contribution < -0.4 is 5.32 Å². The van der Waals surface area contributed by atoms with Crippen LogP contribution in [0.4, 0.5) is 5.69 Å². The molecule has 4 bridgehead atoms. The van der Waals surface area contributed by atoms with Crippen LogP contribution in [0, 0.1) is 44.4 Å². The number of benzene rings is 1. The molecule has 160 valence electrons. The lowest BCUT2D eigenvalue weighted by Crippen LogP contribution is -2.61. The lowest BCUT2D eigenvalue weighted by atomic mass is 9.53. The number of carbonyl (C=O) groups is 1. The molecule has 1 aromatic carbocycles. The van der Waals surface area contributed by atoms with Crippen molar-refractivity contribution >= 4 is 24.0 Å². The van der Waals surface area contributed by atoms with Crippen LogP contribution in [0.2, 0.25) is 0 Å². The Morgan fingerprint density at radius 3 is 2.10 bits per heavy atom. The van der Waals surface area contributed by atoms with E-state index in [9.17, 15) is 4.79 Å². The van der Waals surface area contributed by atoms with Crippen molar-refractivity contribution in [3.63, 3.8) is 0 Å². The summed E-state index contributed by atoms with van der Waals surface area (Å²) in [6.45, 7) is 7.48. The molecule has 1 N–H and O–H groups in total. The quantitative estimate of drug-likeness (QED) is 0.690. The van der Waals surface area contributed by atoms with Gasteiger partial charge in [-0.05, 0) is 107 Å². The summed E-state index contributed by atoms with van der Waals surface area (Å²) in [7, 11) is 0. The number of hydrogen-bond acceptors (Lipinski definition) is 2. The minimum absolute atomic E-state index is 0. The highest BCUT2D eigenvalue weighted by molar-refractivity contribution is 5.96. The van der Waals surface area contributed by atoms with Gasteiger partial charge in [0.2, 0.25) is 5.91 Å². The van der Waals surface area contributed by atoms with Gasteiger partial charge in [0.15, 0.2) is 0 Å². The Morgan fingerprint density at radius 1 is 0.931 bits per heavy atom. The predicted molar refractivity (Wildman–Crippen MR) is 122 cm³/mol. The van der Waals surface area contributed by atoms with E-state index in [1.807, 2.05) is 0 Å². The number of hydrogen-bond donors (Lipinski definition) is 1. The maximum absolute atomic E-state index is 13.4. The second-order valence-corrected chi connectivity index (χ2v) is 10.4. The van der Waals surface area contributed by atoms with E-state index < -0.39 is 0 Å². The second kappa shape index (κ2) is 8.23. The molecule has 3 nitrogen and oxygen atoms in total. The Kier molecular flexibility index (Phi) is 6.01. The average molecular weight is 417 g/mol. The number of aryl methyl sites for hydroxylation is 3. The highest BCUT2D eigenvalue weighted by atomic mass is 35.5. The van der Waals surface area contributed by atoms with Crippen LogP contribution in [0.3, 0.4) is 0 Å². The van der Waals surface area contributed by atoms with Crippen molar-refractivity contribution in [3.05, 3.63) is 28.8 Å².